The van der Waals surface area contributed by atoms with Crippen LogP contribution in [0.25, 0.3) is 0 Å². The number of nitrogens with zero attached hydrogens (tertiary/aromatic N) is 2. The summed E-state index contributed by atoms with van der Waals surface area (Å²) < 4.78 is 10.7. The number of hydrogen-bond acceptors (Lipinski definition) is 7. The largest absolute Gasteiger partial charge is 0.491 e. The van der Waals surface area contributed by atoms with Gasteiger partial charge < -0.3 is 9.47 Å². The molecule has 2 rings (SSSR count). The molecule has 0 radical (unpaired) electrons. The van der Waals surface area contributed by atoms with Gasteiger partial charge in [0.25, 0.3) is 0 Å². The van der Waals surface area contributed by atoms with E-state index in [2.05, 4.69) is 22.4 Å². The van der Waals surface area contributed by atoms with Gasteiger partial charge in [-0.2, -0.15) is 5.10 Å². The molecular formula is C18H23N3O3S. The van der Waals surface area contributed by atoms with Gasteiger partial charge in [-0.25, -0.2) is 4.98 Å². The Kier molecular flexibility index (Phi) is 7.40. The minimum absolute atomic E-state index is 0.171. The summed E-state index contributed by atoms with van der Waals surface area (Å²) in [6, 6.07) is 7.74. The number of rotatable bonds is 9. The molecule has 7 heteroatoms. The van der Waals surface area contributed by atoms with E-state index in [1.165, 1.54) is 11.3 Å². The Balaban J connectivity index is 1.89. The molecule has 0 aliphatic carbocycles. The standard InChI is InChI=1S/C18H23N3O3S/c1-4-13(3)24-16-8-6-7-14(9-16)11-19-21-18-20-15(12-25-18)10-17(22)23-5-2/h6-9,11-13H,4-5,10H2,1-3H3,(H,20,21). The van der Waals surface area contributed by atoms with Gasteiger partial charge in [-0.1, -0.05) is 19.1 Å². The lowest BCUT2D eigenvalue weighted by Gasteiger charge is -2.12. The molecule has 134 valence electrons. The zero-order valence-corrected chi connectivity index (χ0v) is 15.5. The third kappa shape index (κ3) is 6.54. The van der Waals surface area contributed by atoms with E-state index in [9.17, 15) is 4.79 Å². The van der Waals surface area contributed by atoms with Gasteiger partial charge in [0.2, 0.25) is 5.13 Å². The fraction of sp³-hybridized carbons (Fsp3) is 0.389. The molecule has 1 aromatic heterocycles. The zero-order valence-electron chi connectivity index (χ0n) is 14.7. The first-order valence-corrected chi connectivity index (χ1v) is 9.14. The van der Waals surface area contributed by atoms with E-state index >= 15 is 0 Å². The second-order valence-corrected chi connectivity index (χ2v) is 6.26. The van der Waals surface area contributed by atoms with E-state index in [0.717, 1.165) is 17.7 Å². The van der Waals surface area contributed by atoms with E-state index < -0.39 is 0 Å². The van der Waals surface area contributed by atoms with Gasteiger partial charge in [-0.05, 0) is 38.0 Å². The Morgan fingerprint density at radius 1 is 1.44 bits per heavy atom. The van der Waals surface area contributed by atoms with Crippen LogP contribution in [0.1, 0.15) is 38.4 Å². The number of ether oxygens (including phenoxy) is 2. The monoisotopic (exact) mass is 361 g/mol. The third-order valence-corrected chi connectivity index (χ3v) is 4.12. The van der Waals surface area contributed by atoms with Crippen LogP contribution in [0.5, 0.6) is 5.75 Å². The van der Waals surface area contributed by atoms with Crippen LogP contribution >= 0.6 is 11.3 Å². The van der Waals surface area contributed by atoms with Gasteiger partial charge in [0.05, 0.1) is 31.0 Å². The predicted molar refractivity (Wildman–Crippen MR) is 100 cm³/mol. The molecule has 0 bridgehead atoms. The summed E-state index contributed by atoms with van der Waals surface area (Å²) in [4.78, 5) is 15.7. The highest BCUT2D eigenvalue weighted by Gasteiger charge is 2.08. The molecular weight excluding hydrogens is 338 g/mol. The summed E-state index contributed by atoms with van der Waals surface area (Å²) in [5, 5.41) is 6.62. The van der Waals surface area contributed by atoms with Crippen LogP contribution in [0.3, 0.4) is 0 Å². The summed E-state index contributed by atoms with van der Waals surface area (Å²) in [5.74, 6) is 0.547. The maximum atomic E-state index is 11.4. The molecule has 0 amide bonds. The number of benzene rings is 1. The normalized spacial score (nSPS) is 12.1. The number of thiazole rings is 1. The number of esters is 1. The van der Waals surface area contributed by atoms with Gasteiger partial charge in [-0.3, -0.25) is 10.2 Å². The number of hydrogen-bond donors (Lipinski definition) is 1. The van der Waals surface area contributed by atoms with Crippen LogP contribution < -0.4 is 10.2 Å². The van der Waals surface area contributed by atoms with Crippen molar-refractivity contribution in [3.63, 3.8) is 0 Å². The van der Waals surface area contributed by atoms with Gasteiger partial charge in [-0.15, -0.1) is 11.3 Å². The highest BCUT2D eigenvalue weighted by atomic mass is 32.1. The summed E-state index contributed by atoms with van der Waals surface area (Å²) in [7, 11) is 0. The zero-order chi connectivity index (χ0) is 18.1. The number of carbonyl (C=O) groups is 1. The summed E-state index contributed by atoms with van der Waals surface area (Å²) in [6.45, 7) is 6.28. The first-order valence-electron chi connectivity index (χ1n) is 8.26. The molecule has 6 nitrogen and oxygen atoms in total. The Morgan fingerprint density at radius 3 is 3.04 bits per heavy atom. The Morgan fingerprint density at radius 2 is 2.28 bits per heavy atom. The fourth-order valence-electron chi connectivity index (χ4n) is 1.95. The molecule has 0 spiro atoms. The van der Waals surface area contributed by atoms with Crippen molar-refractivity contribution in [3.8, 4) is 5.75 Å². The summed E-state index contributed by atoms with van der Waals surface area (Å²) in [5.41, 5.74) is 4.47. The second kappa shape index (κ2) is 9.78. The van der Waals surface area contributed by atoms with Crippen molar-refractivity contribution in [3.05, 3.63) is 40.9 Å². The summed E-state index contributed by atoms with van der Waals surface area (Å²) in [6.07, 6.45) is 3.01. The first-order chi connectivity index (χ1) is 12.1. The molecule has 25 heavy (non-hydrogen) atoms. The molecule has 0 fully saturated rings. The van der Waals surface area contributed by atoms with Gasteiger partial charge >= 0.3 is 5.97 Å². The van der Waals surface area contributed by atoms with E-state index in [-0.39, 0.29) is 18.5 Å². The molecule has 1 atom stereocenters. The maximum Gasteiger partial charge on any atom is 0.311 e. The average molecular weight is 361 g/mol. The van der Waals surface area contributed by atoms with E-state index in [4.69, 9.17) is 9.47 Å². The molecule has 0 aliphatic rings. The fourth-order valence-corrected chi connectivity index (χ4v) is 2.60. The Bertz CT molecular complexity index is 715. The van der Waals surface area contributed by atoms with Crippen molar-refractivity contribution < 1.29 is 14.3 Å². The van der Waals surface area contributed by atoms with Gasteiger partial charge in [0, 0.05) is 5.38 Å². The lowest BCUT2D eigenvalue weighted by atomic mass is 10.2. The SMILES string of the molecule is CCOC(=O)Cc1csc(NN=Cc2cccc(OC(C)CC)c2)n1. The number of nitrogens with one attached hydrogen (secondary N) is 1. The predicted octanol–water partition coefficient (Wildman–Crippen LogP) is 3.87. The number of carbonyl (C=O) groups excluding carboxylic acids is 1. The van der Waals surface area contributed by atoms with Crippen molar-refractivity contribution >= 4 is 28.7 Å². The van der Waals surface area contributed by atoms with E-state index in [1.54, 1.807) is 13.1 Å². The minimum Gasteiger partial charge on any atom is -0.491 e. The van der Waals surface area contributed by atoms with Crippen LogP contribution in [0, 0.1) is 0 Å². The highest BCUT2D eigenvalue weighted by molar-refractivity contribution is 7.13. The van der Waals surface area contributed by atoms with Crippen molar-refractivity contribution in [2.24, 2.45) is 5.10 Å². The molecule has 2 aromatic rings. The molecule has 1 N–H and O–H groups in total. The summed E-state index contributed by atoms with van der Waals surface area (Å²) >= 11 is 1.39. The average Bonchev–Trinajstić information content (AvgIpc) is 3.02. The van der Waals surface area contributed by atoms with Crippen LogP contribution in [-0.2, 0) is 16.0 Å². The Labute approximate surface area is 151 Å². The van der Waals surface area contributed by atoms with Crippen LogP contribution in [0.15, 0.2) is 34.7 Å². The van der Waals surface area contributed by atoms with Crippen LogP contribution in [-0.4, -0.2) is 29.9 Å². The van der Waals surface area contributed by atoms with Crippen LogP contribution in [0.2, 0.25) is 0 Å². The van der Waals surface area contributed by atoms with Crippen LogP contribution in [0.4, 0.5) is 5.13 Å². The van der Waals surface area contributed by atoms with E-state index in [1.807, 2.05) is 36.6 Å². The van der Waals surface area contributed by atoms with Crippen molar-refractivity contribution in [1.82, 2.24) is 4.98 Å². The molecule has 1 aromatic carbocycles. The Hall–Kier alpha value is -2.41. The van der Waals surface area contributed by atoms with E-state index in [0.29, 0.717) is 17.4 Å². The van der Waals surface area contributed by atoms with Crippen molar-refractivity contribution in [2.75, 3.05) is 12.0 Å². The smallest absolute Gasteiger partial charge is 0.311 e. The molecule has 0 saturated heterocycles. The molecule has 0 saturated carbocycles. The number of anilines is 1. The second-order valence-electron chi connectivity index (χ2n) is 5.41. The van der Waals surface area contributed by atoms with Crippen molar-refractivity contribution in [1.29, 1.82) is 0 Å². The highest BCUT2D eigenvalue weighted by Crippen LogP contribution is 2.17. The first kappa shape index (κ1) is 18.9. The maximum absolute atomic E-state index is 11.4. The van der Waals surface area contributed by atoms with Gasteiger partial charge in [0.15, 0.2) is 0 Å². The number of hydrazone groups is 1. The lowest BCUT2D eigenvalue weighted by Crippen LogP contribution is -2.09. The van der Waals surface area contributed by atoms with Crippen molar-refractivity contribution in [2.45, 2.75) is 39.7 Å². The number of aromatic nitrogens is 1. The molecule has 1 unspecified atom stereocenters. The third-order valence-electron chi connectivity index (χ3n) is 3.33. The molecule has 0 aliphatic heterocycles. The van der Waals surface area contributed by atoms with Gasteiger partial charge in [0.1, 0.15) is 5.75 Å². The molecule has 1 heterocycles. The minimum atomic E-state index is -0.277. The topological polar surface area (TPSA) is 72.8 Å². The lowest BCUT2D eigenvalue weighted by molar-refractivity contribution is -0.142. The quantitative estimate of drug-likeness (QED) is 0.417.